The maximum atomic E-state index is 16.5. The first-order valence-electron chi connectivity index (χ1n) is 13.7. The molecule has 0 radical (unpaired) electrons. The Kier molecular flexibility index (Phi) is 6.25. The highest BCUT2D eigenvalue weighted by molar-refractivity contribution is 7.22. The molecule has 3 fully saturated rings. The van der Waals surface area contributed by atoms with Crippen LogP contribution < -0.4 is 15.4 Å². The molecule has 222 valence electrons. The summed E-state index contributed by atoms with van der Waals surface area (Å²) in [6, 6.07) is 2.66. The fraction of sp³-hybridized carbons (Fsp3) is 0.464. The number of rotatable bonds is 5. The average Bonchev–Trinajstić information content (AvgIpc) is 3.57. The van der Waals surface area contributed by atoms with Crippen LogP contribution in [0.25, 0.3) is 32.2 Å². The topological polar surface area (TPSA) is 80.4 Å². The van der Waals surface area contributed by atoms with E-state index in [9.17, 15) is 22.0 Å². The van der Waals surface area contributed by atoms with Crippen molar-refractivity contribution in [2.24, 2.45) is 5.92 Å². The van der Waals surface area contributed by atoms with Crippen LogP contribution in [0.15, 0.2) is 18.2 Å². The first-order valence-corrected chi connectivity index (χ1v) is 14.5. The van der Waals surface area contributed by atoms with E-state index < -0.39 is 40.6 Å². The Hall–Kier alpha value is -3.39. The van der Waals surface area contributed by atoms with Gasteiger partial charge in [0.2, 0.25) is 0 Å². The van der Waals surface area contributed by atoms with E-state index in [-0.39, 0.29) is 56.2 Å². The molecule has 0 amide bonds. The summed E-state index contributed by atoms with van der Waals surface area (Å²) in [6.45, 7) is 4.12. The highest BCUT2D eigenvalue weighted by atomic mass is 32.1. The van der Waals surface area contributed by atoms with E-state index in [4.69, 9.17) is 10.5 Å². The summed E-state index contributed by atoms with van der Waals surface area (Å²) in [7, 11) is 0. The number of hydrogen-bond donors (Lipinski definition) is 1. The molecular weight excluding hydrogens is 582 g/mol. The maximum absolute atomic E-state index is 16.5. The molecule has 5 heterocycles. The summed E-state index contributed by atoms with van der Waals surface area (Å²) >= 11 is 0.761. The second kappa shape index (κ2) is 9.56. The lowest BCUT2D eigenvalue weighted by atomic mass is 9.94. The molecule has 2 atom stereocenters. The van der Waals surface area contributed by atoms with E-state index in [0.717, 1.165) is 48.9 Å². The first-order chi connectivity index (χ1) is 19.9. The molecule has 2 N–H and O–H groups in total. The van der Waals surface area contributed by atoms with Gasteiger partial charge in [0.15, 0.2) is 10.9 Å². The third-order valence-electron chi connectivity index (χ3n) is 8.57. The van der Waals surface area contributed by atoms with Crippen LogP contribution in [0.4, 0.5) is 37.3 Å². The molecule has 7 rings (SSSR count). The highest BCUT2D eigenvalue weighted by Crippen LogP contribution is 2.47. The van der Waals surface area contributed by atoms with Crippen LogP contribution >= 0.6 is 11.3 Å². The van der Waals surface area contributed by atoms with E-state index in [1.165, 1.54) is 0 Å². The Morgan fingerprint density at radius 1 is 1.12 bits per heavy atom. The number of hydrogen-bond acceptors (Lipinski definition) is 8. The van der Waals surface area contributed by atoms with Crippen molar-refractivity contribution in [1.29, 1.82) is 0 Å². The molecule has 2 aromatic heterocycles. The van der Waals surface area contributed by atoms with Crippen molar-refractivity contribution in [2.75, 3.05) is 43.4 Å². The molecule has 4 aromatic rings. The van der Waals surface area contributed by atoms with Crippen molar-refractivity contribution in [3.05, 3.63) is 35.4 Å². The minimum Gasteiger partial charge on any atom is -0.461 e. The third-order valence-corrected chi connectivity index (χ3v) is 9.46. The molecule has 2 aromatic carbocycles. The van der Waals surface area contributed by atoms with Gasteiger partial charge in [0.1, 0.15) is 29.9 Å². The van der Waals surface area contributed by atoms with Gasteiger partial charge in [0, 0.05) is 42.6 Å². The van der Waals surface area contributed by atoms with Gasteiger partial charge in [-0.25, -0.2) is 18.2 Å². The molecule has 42 heavy (non-hydrogen) atoms. The lowest BCUT2D eigenvalue weighted by molar-refractivity contribution is -0.137. The Labute approximate surface area is 240 Å². The van der Waals surface area contributed by atoms with Crippen molar-refractivity contribution in [2.45, 2.75) is 44.1 Å². The van der Waals surface area contributed by atoms with Crippen LogP contribution in [0.3, 0.4) is 0 Å². The Morgan fingerprint density at radius 3 is 2.64 bits per heavy atom. The van der Waals surface area contributed by atoms with E-state index in [2.05, 4.69) is 15.0 Å². The van der Waals surface area contributed by atoms with E-state index >= 15 is 4.39 Å². The molecular formula is C28H26F6N6OS. The van der Waals surface area contributed by atoms with Crippen LogP contribution in [-0.2, 0) is 6.18 Å². The van der Waals surface area contributed by atoms with Crippen LogP contribution in [0, 0.1) is 17.6 Å². The van der Waals surface area contributed by atoms with Gasteiger partial charge in [-0.05, 0) is 43.5 Å². The van der Waals surface area contributed by atoms with E-state index in [1.54, 1.807) is 4.90 Å². The molecule has 0 bridgehead atoms. The molecule has 3 aliphatic heterocycles. The molecule has 0 spiro atoms. The van der Waals surface area contributed by atoms with Crippen molar-refractivity contribution in [1.82, 2.24) is 19.9 Å². The normalized spacial score (nSPS) is 23.2. The SMILES string of the molecule is CC1CN(c2nc(OC[C@@]34CCCN3C[C@H](F)C4)nc3c(F)c(-c4ccc(F)c5sc(N)nc45)c(C(F)(F)F)cc23)C1. The molecule has 0 unspecified atom stereocenters. The quantitative estimate of drug-likeness (QED) is 0.271. The number of thiazole rings is 1. The van der Waals surface area contributed by atoms with Gasteiger partial charge in [-0.3, -0.25) is 4.90 Å². The predicted molar refractivity (Wildman–Crippen MR) is 147 cm³/mol. The zero-order valence-electron chi connectivity index (χ0n) is 22.4. The van der Waals surface area contributed by atoms with Gasteiger partial charge in [-0.2, -0.15) is 23.1 Å². The number of nitrogens with two attached hydrogens (primary N) is 1. The van der Waals surface area contributed by atoms with Crippen molar-refractivity contribution < 1.29 is 31.1 Å². The average molecular weight is 609 g/mol. The minimum absolute atomic E-state index is 0.0685. The number of alkyl halides is 4. The van der Waals surface area contributed by atoms with E-state index in [0.29, 0.717) is 26.1 Å². The summed E-state index contributed by atoms with van der Waals surface area (Å²) in [6.07, 6.45) is -4.06. The molecule has 7 nitrogen and oxygen atoms in total. The molecule has 0 saturated carbocycles. The number of halogens is 6. The smallest absolute Gasteiger partial charge is 0.417 e. The molecule has 3 saturated heterocycles. The van der Waals surface area contributed by atoms with Gasteiger partial charge in [-0.15, -0.1) is 0 Å². The number of anilines is 2. The van der Waals surface area contributed by atoms with Crippen LogP contribution in [0.1, 0.15) is 31.7 Å². The Bertz CT molecular complexity index is 1720. The number of aromatic nitrogens is 3. The monoisotopic (exact) mass is 608 g/mol. The number of nitrogen functional groups attached to an aromatic ring is 1. The first kappa shape index (κ1) is 27.4. The standard InChI is InChI=1S/C28H26F6N6OS/c1-13-9-39(10-13)24-16-7-17(28(32,33)34)19(15-3-4-18(30)23-22(15)36-25(35)42-23)20(31)21(16)37-26(38-24)41-12-27-5-2-6-40(27)11-14(29)8-27/h3-4,7,13-14H,2,5-6,8-12H2,1H3,(H2,35,36)/t14-,27+/m1/s1. The van der Waals surface area contributed by atoms with Gasteiger partial charge >= 0.3 is 12.2 Å². The van der Waals surface area contributed by atoms with Gasteiger partial charge in [0.05, 0.1) is 21.3 Å². The second-order valence-electron chi connectivity index (χ2n) is 11.5. The summed E-state index contributed by atoms with van der Waals surface area (Å²) in [5.41, 5.74) is 2.34. The summed E-state index contributed by atoms with van der Waals surface area (Å²) in [5, 5.41) is -0.189. The predicted octanol–water partition coefficient (Wildman–Crippen LogP) is 6.20. The van der Waals surface area contributed by atoms with Crippen LogP contribution in [0.2, 0.25) is 0 Å². The number of fused-ring (bicyclic) bond motifs is 3. The van der Waals surface area contributed by atoms with Gasteiger partial charge in [0.25, 0.3) is 0 Å². The molecule has 3 aliphatic rings. The number of benzene rings is 2. The lowest BCUT2D eigenvalue weighted by Gasteiger charge is -2.39. The van der Waals surface area contributed by atoms with Crippen molar-refractivity contribution in [3.63, 3.8) is 0 Å². The zero-order valence-corrected chi connectivity index (χ0v) is 23.3. The van der Waals surface area contributed by atoms with Crippen molar-refractivity contribution in [3.8, 4) is 17.1 Å². The molecule has 0 aliphatic carbocycles. The zero-order chi connectivity index (χ0) is 29.6. The largest absolute Gasteiger partial charge is 0.461 e. The Morgan fingerprint density at radius 2 is 1.90 bits per heavy atom. The van der Waals surface area contributed by atoms with Crippen molar-refractivity contribution >= 4 is 43.4 Å². The highest BCUT2D eigenvalue weighted by Gasteiger charge is 2.49. The molecule has 14 heteroatoms. The fourth-order valence-corrected chi connectivity index (χ4v) is 7.46. The second-order valence-corrected chi connectivity index (χ2v) is 12.6. The summed E-state index contributed by atoms with van der Waals surface area (Å²) in [4.78, 5) is 16.5. The lowest BCUT2D eigenvalue weighted by Crippen LogP contribution is -2.46. The van der Waals surface area contributed by atoms with Crippen LogP contribution in [0.5, 0.6) is 6.01 Å². The fourth-order valence-electron chi connectivity index (χ4n) is 6.70. The van der Waals surface area contributed by atoms with E-state index in [1.807, 2.05) is 11.8 Å². The summed E-state index contributed by atoms with van der Waals surface area (Å²) in [5.74, 6) is -1.60. The number of ether oxygens (including phenoxy) is 1. The van der Waals surface area contributed by atoms with Gasteiger partial charge in [-0.1, -0.05) is 18.3 Å². The van der Waals surface area contributed by atoms with Crippen LogP contribution in [-0.4, -0.2) is 64.3 Å². The number of nitrogens with zero attached hydrogens (tertiary/aromatic N) is 5. The Balaban J connectivity index is 1.41. The minimum atomic E-state index is -4.97. The maximum Gasteiger partial charge on any atom is 0.417 e. The summed E-state index contributed by atoms with van der Waals surface area (Å²) < 4.78 is 94.9. The van der Waals surface area contributed by atoms with Gasteiger partial charge < -0.3 is 15.4 Å². The third kappa shape index (κ3) is 4.32.